The lowest BCUT2D eigenvalue weighted by molar-refractivity contribution is -0.0309. The number of nitrogen functional groups attached to an aromatic ring is 1. The van der Waals surface area contributed by atoms with Gasteiger partial charge in [-0.2, -0.15) is 0 Å². The van der Waals surface area contributed by atoms with Crippen molar-refractivity contribution < 1.29 is 18.3 Å². The summed E-state index contributed by atoms with van der Waals surface area (Å²) in [6.45, 7) is 2.06. The summed E-state index contributed by atoms with van der Waals surface area (Å²) in [4.78, 5) is 13.0. The molecule has 1 aliphatic heterocycles. The monoisotopic (exact) mass is 488 g/mol. The smallest absolute Gasteiger partial charge is 0.167 e. The van der Waals surface area contributed by atoms with Crippen LogP contribution in [0.3, 0.4) is 0 Å². The summed E-state index contributed by atoms with van der Waals surface area (Å²) in [7, 11) is 1.82. The van der Waals surface area contributed by atoms with Crippen LogP contribution in [0.1, 0.15) is 18.4 Å². The molecule has 1 aliphatic rings. The van der Waals surface area contributed by atoms with Crippen molar-refractivity contribution in [3.05, 3.63) is 60.7 Å². The Morgan fingerprint density at radius 2 is 2.06 bits per heavy atom. The van der Waals surface area contributed by atoms with Gasteiger partial charge >= 0.3 is 0 Å². The fourth-order valence-electron chi connectivity index (χ4n) is 4.64. The summed E-state index contributed by atoms with van der Waals surface area (Å²) in [6.07, 6.45) is 0.743. The number of nitrogens with zero attached hydrogens (tertiary/aromatic N) is 4. The van der Waals surface area contributed by atoms with Crippen molar-refractivity contribution in [2.45, 2.75) is 31.8 Å². The molecule has 1 saturated heterocycles. The molecule has 36 heavy (non-hydrogen) atoms. The summed E-state index contributed by atoms with van der Waals surface area (Å²) >= 11 is 0. The molecular formula is C26H25FN6O3. The lowest BCUT2D eigenvalue weighted by atomic mass is 10.2. The molecule has 0 amide bonds. The molecule has 0 radical (unpaired) electrons. The number of anilines is 2. The van der Waals surface area contributed by atoms with Crippen LogP contribution in [0, 0.1) is 6.92 Å². The van der Waals surface area contributed by atoms with Crippen LogP contribution < -0.4 is 15.8 Å². The Kier molecular flexibility index (Phi) is 5.45. The van der Waals surface area contributed by atoms with Crippen molar-refractivity contribution in [2.24, 2.45) is 0 Å². The van der Waals surface area contributed by atoms with Gasteiger partial charge in [-0.15, -0.1) is 0 Å². The van der Waals surface area contributed by atoms with Gasteiger partial charge in [0.2, 0.25) is 0 Å². The fourth-order valence-corrected chi connectivity index (χ4v) is 4.64. The molecule has 5 aromatic rings. The molecule has 4 aromatic heterocycles. The zero-order valence-electron chi connectivity index (χ0n) is 19.8. The number of pyridine rings is 1. The predicted octanol–water partition coefficient (Wildman–Crippen LogP) is 4.88. The Labute approximate surface area is 206 Å². The Balaban J connectivity index is 1.24. The zero-order chi connectivity index (χ0) is 24.8. The number of rotatable bonds is 6. The van der Waals surface area contributed by atoms with Crippen molar-refractivity contribution in [1.82, 2.24) is 19.5 Å². The predicted molar refractivity (Wildman–Crippen MR) is 135 cm³/mol. The number of hydrogen-bond acceptors (Lipinski definition) is 8. The normalized spacial score (nSPS) is 19.8. The quantitative estimate of drug-likeness (QED) is 0.348. The minimum absolute atomic E-state index is 0.190. The van der Waals surface area contributed by atoms with Crippen LogP contribution in [0.15, 0.2) is 59.4 Å². The molecule has 3 atom stereocenters. The van der Waals surface area contributed by atoms with E-state index < -0.39 is 18.5 Å². The van der Waals surface area contributed by atoms with Gasteiger partial charge in [0.15, 0.2) is 6.23 Å². The first-order valence-corrected chi connectivity index (χ1v) is 11.7. The van der Waals surface area contributed by atoms with Crippen molar-refractivity contribution in [2.75, 3.05) is 24.7 Å². The summed E-state index contributed by atoms with van der Waals surface area (Å²) in [5.74, 6) is 3.08. The van der Waals surface area contributed by atoms with E-state index in [-0.39, 0.29) is 13.0 Å². The first-order chi connectivity index (χ1) is 17.5. The molecule has 0 bridgehead atoms. The van der Waals surface area contributed by atoms with Gasteiger partial charge in [-0.1, -0.05) is 0 Å². The molecular weight excluding hydrogens is 463 g/mol. The summed E-state index contributed by atoms with van der Waals surface area (Å²) in [5.41, 5.74) is 8.16. The summed E-state index contributed by atoms with van der Waals surface area (Å²) in [6, 6.07) is 13.3. The van der Waals surface area contributed by atoms with Crippen LogP contribution in [0.25, 0.3) is 33.3 Å². The number of nitrogens with one attached hydrogen (secondary N) is 1. The van der Waals surface area contributed by atoms with Gasteiger partial charge < -0.3 is 29.5 Å². The third kappa shape index (κ3) is 3.89. The van der Waals surface area contributed by atoms with E-state index in [1.165, 1.54) is 6.33 Å². The minimum Gasteiger partial charge on any atom is -0.491 e. The molecule has 3 N–H and O–H groups in total. The lowest BCUT2D eigenvalue weighted by Crippen LogP contribution is -2.19. The molecule has 1 aromatic carbocycles. The van der Waals surface area contributed by atoms with Crippen LogP contribution in [-0.2, 0) is 4.74 Å². The lowest BCUT2D eigenvalue weighted by Gasteiger charge is -2.17. The van der Waals surface area contributed by atoms with Crippen LogP contribution in [0.4, 0.5) is 16.0 Å². The number of hydrogen-bond donors (Lipinski definition) is 2. The van der Waals surface area contributed by atoms with E-state index in [0.29, 0.717) is 33.9 Å². The van der Waals surface area contributed by atoms with E-state index in [2.05, 4.69) is 20.3 Å². The van der Waals surface area contributed by atoms with Gasteiger partial charge in [0.1, 0.15) is 53.7 Å². The average molecular weight is 489 g/mol. The van der Waals surface area contributed by atoms with E-state index >= 15 is 4.39 Å². The Morgan fingerprint density at radius 3 is 2.86 bits per heavy atom. The molecule has 0 spiro atoms. The van der Waals surface area contributed by atoms with Gasteiger partial charge in [0.05, 0.1) is 17.0 Å². The van der Waals surface area contributed by atoms with Crippen molar-refractivity contribution in [3.8, 4) is 17.1 Å². The second-order valence-corrected chi connectivity index (χ2v) is 8.83. The highest BCUT2D eigenvalue weighted by molar-refractivity contribution is 5.99. The third-order valence-corrected chi connectivity index (χ3v) is 6.40. The number of nitrogens with two attached hydrogens (primary N) is 1. The maximum atomic E-state index is 15.3. The molecule has 184 valence electrons. The Morgan fingerprint density at radius 1 is 1.19 bits per heavy atom. The Hall–Kier alpha value is -4.18. The number of benzene rings is 1. The fraction of sp³-hybridized carbons (Fsp3) is 0.269. The van der Waals surface area contributed by atoms with Crippen LogP contribution in [0.5, 0.6) is 5.75 Å². The molecule has 6 rings (SSSR count). The second kappa shape index (κ2) is 8.80. The topological polar surface area (TPSA) is 113 Å². The van der Waals surface area contributed by atoms with Gasteiger partial charge in [-0.25, -0.2) is 19.3 Å². The molecule has 1 fully saturated rings. The first kappa shape index (κ1) is 22.3. The van der Waals surface area contributed by atoms with Crippen LogP contribution in [-0.4, -0.2) is 45.4 Å². The van der Waals surface area contributed by atoms with Gasteiger partial charge in [0.25, 0.3) is 0 Å². The number of ether oxygens (including phenoxy) is 2. The van der Waals surface area contributed by atoms with Crippen molar-refractivity contribution in [3.63, 3.8) is 0 Å². The van der Waals surface area contributed by atoms with Crippen molar-refractivity contribution in [1.29, 1.82) is 0 Å². The zero-order valence-corrected chi connectivity index (χ0v) is 19.8. The number of alkyl halides is 1. The second-order valence-electron chi connectivity index (χ2n) is 8.83. The number of fused-ring (bicyclic) bond motifs is 2. The number of furan rings is 1. The highest BCUT2D eigenvalue weighted by atomic mass is 19.1. The van der Waals surface area contributed by atoms with E-state index in [1.807, 2.05) is 56.4 Å². The van der Waals surface area contributed by atoms with Gasteiger partial charge in [0, 0.05) is 36.7 Å². The largest absolute Gasteiger partial charge is 0.491 e. The standard InChI is InChI=1S/C26H25FN6O3/c1-14-3-7-21(35-14)18-11-33(25-23(18)24(28)30-13-31-25)26-19(27)9-17(36-26)12-34-16-6-4-15-5-8-22(29-2)32-20(15)10-16/h3-8,10-11,13,17,19,26H,9,12H2,1-2H3,(H,29,32)(H2,28,30,31). The van der Waals surface area contributed by atoms with Gasteiger partial charge in [-0.3, -0.25) is 0 Å². The molecule has 9 nitrogen and oxygen atoms in total. The van der Waals surface area contributed by atoms with Gasteiger partial charge in [-0.05, 0) is 43.3 Å². The SMILES string of the molecule is CNc1ccc2ccc(OCC3CC(F)C(n4cc(-c5ccc(C)o5)c5c(N)ncnc54)O3)cc2n1. The maximum Gasteiger partial charge on any atom is 0.167 e. The maximum absolute atomic E-state index is 15.3. The third-order valence-electron chi connectivity index (χ3n) is 6.40. The van der Waals surface area contributed by atoms with E-state index in [4.69, 9.17) is 19.6 Å². The van der Waals surface area contributed by atoms with E-state index in [0.717, 1.165) is 22.5 Å². The molecule has 0 saturated carbocycles. The molecule has 10 heteroatoms. The highest BCUT2D eigenvalue weighted by Gasteiger charge is 2.38. The average Bonchev–Trinajstić information content (AvgIpc) is 3.59. The molecule has 3 unspecified atom stereocenters. The number of aromatic nitrogens is 4. The van der Waals surface area contributed by atoms with Crippen LogP contribution >= 0.6 is 0 Å². The highest BCUT2D eigenvalue weighted by Crippen LogP contribution is 2.39. The molecule has 5 heterocycles. The first-order valence-electron chi connectivity index (χ1n) is 11.7. The minimum atomic E-state index is -1.26. The van der Waals surface area contributed by atoms with E-state index in [9.17, 15) is 0 Å². The van der Waals surface area contributed by atoms with Crippen LogP contribution in [0.2, 0.25) is 0 Å². The number of aryl methyl sites for hydroxylation is 1. The molecule has 0 aliphatic carbocycles. The van der Waals surface area contributed by atoms with E-state index in [1.54, 1.807) is 10.8 Å². The summed E-state index contributed by atoms with van der Waals surface area (Å²) < 4.78 is 34.8. The van der Waals surface area contributed by atoms with Crippen molar-refractivity contribution >= 4 is 33.6 Å². The Bertz CT molecular complexity index is 1560. The number of halogens is 1. The summed E-state index contributed by atoms with van der Waals surface area (Å²) in [5, 5.41) is 4.64.